The van der Waals surface area contributed by atoms with Crippen LogP contribution in [0.5, 0.6) is 0 Å². The fraction of sp³-hybridized carbons (Fsp3) is 0.417. The van der Waals surface area contributed by atoms with Crippen LogP contribution in [0.1, 0.15) is 13.8 Å². The van der Waals surface area contributed by atoms with Crippen molar-refractivity contribution >= 4 is 17.3 Å². The maximum atomic E-state index is 10.8. The summed E-state index contributed by atoms with van der Waals surface area (Å²) in [6.07, 6.45) is 0. The Balaban J connectivity index is 2.48. The van der Waals surface area contributed by atoms with Crippen molar-refractivity contribution in [3.05, 3.63) is 24.3 Å². The van der Waals surface area contributed by atoms with E-state index in [0.717, 1.165) is 17.9 Å². The molecule has 0 aromatic heterocycles. The van der Waals surface area contributed by atoms with Gasteiger partial charge in [-0.3, -0.25) is 4.79 Å². The summed E-state index contributed by atoms with van der Waals surface area (Å²) < 4.78 is 0. The number of anilines is 2. The van der Waals surface area contributed by atoms with Crippen molar-refractivity contribution in [1.82, 2.24) is 0 Å². The second-order valence-electron chi connectivity index (χ2n) is 3.93. The maximum Gasteiger partial charge on any atom is 0.221 e. The predicted molar refractivity (Wildman–Crippen MR) is 65.5 cm³/mol. The van der Waals surface area contributed by atoms with E-state index in [9.17, 15) is 4.79 Å². The molecule has 0 aliphatic heterocycles. The van der Waals surface area contributed by atoms with Crippen molar-refractivity contribution in [2.24, 2.45) is 5.92 Å². The first-order valence-corrected chi connectivity index (χ1v) is 5.34. The molecule has 1 rings (SSSR count). The van der Waals surface area contributed by atoms with E-state index in [2.05, 4.69) is 10.6 Å². The third-order valence-corrected chi connectivity index (χ3v) is 2.17. The number of aliphatic hydroxyl groups is 1. The normalized spacial score (nSPS) is 11.9. The van der Waals surface area contributed by atoms with Gasteiger partial charge in [-0.2, -0.15) is 0 Å². The second kappa shape index (κ2) is 6.12. The lowest BCUT2D eigenvalue weighted by atomic mass is 10.2. The second-order valence-corrected chi connectivity index (χ2v) is 3.93. The van der Waals surface area contributed by atoms with Gasteiger partial charge in [0.05, 0.1) is 0 Å². The molecule has 88 valence electrons. The standard InChI is InChI=1S/C12H18N2O2/c1-9(8-15)7-13-11-3-5-12(6-4-11)14-10(2)16/h3-6,9,13,15H,7-8H2,1-2H3,(H,14,16). The molecular weight excluding hydrogens is 204 g/mol. The Morgan fingerprint density at radius 3 is 2.38 bits per heavy atom. The summed E-state index contributed by atoms with van der Waals surface area (Å²) in [5.41, 5.74) is 1.77. The number of aliphatic hydroxyl groups excluding tert-OH is 1. The van der Waals surface area contributed by atoms with Gasteiger partial charge in [-0.15, -0.1) is 0 Å². The Kier molecular flexibility index (Phi) is 4.79. The van der Waals surface area contributed by atoms with Crippen LogP contribution in [0.4, 0.5) is 11.4 Å². The molecule has 0 bridgehead atoms. The average Bonchev–Trinajstić information content (AvgIpc) is 2.27. The highest BCUT2D eigenvalue weighted by Gasteiger charge is 2.00. The van der Waals surface area contributed by atoms with E-state index in [4.69, 9.17) is 5.11 Å². The predicted octanol–water partition coefficient (Wildman–Crippen LogP) is 1.69. The van der Waals surface area contributed by atoms with E-state index >= 15 is 0 Å². The summed E-state index contributed by atoms with van der Waals surface area (Å²) in [6.45, 7) is 4.36. The molecule has 0 saturated heterocycles. The summed E-state index contributed by atoms with van der Waals surface area (Å²) in [6, 6.07) is 7.48. The number of benzene rings is 1. The number of nitrogens with one attached hydrogen (secondary N) is 2. The smallest absolute Gasteiger partial charge is 0.221 e. The number of hydrogen-bond acceptors (Lipinski definition) is 3. The number of rotatable bonds is 5. The lowest BCUT2D eigenvalue weighted by Crippen LogP contribution is -2.14. The van der Waals surface area contributed by atoms with Crippen LogP contribution >= 0.6 is 0 Å². The summed E-state index contributed by atoms with van der Waals surface area (Å²) in [4.78, 5) is 10.8. The highest BCUT2D eigenvalue weighted by atomic mass is 16.3. The molecule has 1 atom stereocenters. The van der Waals surface area contributed by atoms with E-state index in [0.29, 0.717) is 0 Å². The van der Waals surface area contributed by atoms with Gasteiger partial charge >= 0.3 is 0 Å². The van der Waals surface area contributed by atoms with Crippen LogP contribution in [0.2, 0.25) is 0 Å². The molecule has 1 aromatic carbocycles. The van der Waals surface area contributed by atoms with E-state index in [1.807, 2.05) is 31.2 Å². The highest BCUT2D eigenvalue weighted by molar-refractivity contribution is 5.88. The van der Waals surface area contributed by atoms with Gasteiger partial charge in [0.25, 0.3) is 0 Å². The number of carbonyl (C=O) groups is 1. The van der Waals surface area contributed by atoms with Crippen LogP contribution in [0, 0.1) is 5.92 Å². The lowest BCUT2D eigenvalue weighted by Gasteiger charge is -2.11. The zero-order valence-electron chi connectivity index (χ0n) is 9.66. The molecule has 0 heterocycles. The average molecular weight is 222 g/mol. The molecule has 0 aliphatic rings. The van der Waals surface area contributed by atoms with E-state index in [1.54, 1.807) is 0 Å². The summed E-state index contributed by atoms with van der Waals surface area (Å²) in [7, 11) is 0. The molecule has 0 radical (unpaired) electrons. The first-order valence-electron chi connectivity index (χ1n) is 5.34. The van der Waals surface area contributed by atoms with Gasteiger partial charge in [0.2, 0.25) is 5.91 Å². The van der Waals surface area contributed by atoms with Crippen molar-refractivity contribution in [2.75, 3.05) is 23.8 Å². The van der Waals surface area contributed by atoms with Crippen LogP contribution < -0.4 is 10.6 Å². The fourth-order valence-corrected chi connectivity index (χ4v) is 1.23. The Labute approximate surface area is 95.7 Å². The highest BCUT2D eigenvalue weighted by Crippen LogP contribution is 2.13. The van der Waals surface area contributed by atoms with Gasteiger partial charge in [0, 0.05) is 31.5 Å². The summed E-state index contributed by atoms with van der Waals surface area (Å²) in [5.74, 6) is 0.157. The first-order chi connectivity index (χ1) is 7.61. The van der Waals surface area contributed by atoms with Gasteiger partial charge < -0.3 is 15.7 Å². The molecule has 0 fully saturated rings. The van der Waals surface area contributed by atoms with E-state index in [1.165, 1.54) is 6.92 Å². The van der Waals surface area contributed by atoms with Crippen LogP contribution in [0.25, 0.3) is 0 Å². The molecule has 4 heteroatoms. The van der Waals surface area contributed by atoms with Gasteiger partial charge in [-0.1, -0.05) is 6.92 Å². The Morgan fingerprint density at radius 2 is 1.88 bits per heavy atom. The number of carbonyl (C=O) groups excluding carboxylic acids is 1. The molecule has 16 heavy (non-hydrogen) atoms. The Morgan fingerprint density at radius 1 is 1.31 bits per heavy atom. The number of hydrogen-bond donors (Lipinski definition) is 3. The third-order valence-electron chi connectivity index (χ3n) is 2.17. The topological polar surface area (TPSA) is 61.4 Å². The molecule has 0 spiro atoms. The van der Waals surface area contributed by atoms with Crippen molar-refractivity contribution in [1.29, 1.82) is 0 Å². The molecule has 3 N–H and O–H groups in total. The first kappa shape index (κ1) is 12.5. The molecule has 0 saturated carbocycles. The SMILES string of the molecule is CC(=O)Nc1ccc(NCC(C)CO)cc1. The minimum absolute atomic E-state index is 0.0744. The Hall–Kier alpha value is -1.55. The molecule has 1 unspecified atom stereocenters. The van der Waals surface area contributed by atoms with E-state index < -0.39 is 0 Å². The minimum Gasteiger partial charge on any atom is -0.396 e. The van der Waals surface area contributed by atoms with Gasteiger partial charge in [-0.25, -0.2) is 0 Å². The molecule has 0 aliphatic carbocycles. The maximum absolute atomic E-state index is 10.8. The van der Waals surface area contributed by atoms with Crippen molar-refractivity contribution < 1.29 is 9.90 Å². The summed E-state index contributed by atoms with van der Waals surface area (Å²) in [5, 5.41) is 14.8. The molecule has 1 aromatic rings. The zero-order valence-corrected chi connectivity index (χ0v) is 9.66. The largest absolute Gasteiger partial charge is 0.396 e. The van der Waals surface area contributed by atoms with Gasteiger partial charge in [-0.05, 0) is 30.2 Å². The number of amides is 1. The van der Waals surface area contributed by atoms with Gasteiger partial charge in [0.1, 0.15) is 0 Å². The molecule has 4 nitrogen and oxygen atoms in total. The van der Waals surface area contributed by atoms with E-state index in [-0.39, 0.29) is 18.4 Å². The van der Waals surface area contributed by atoms with Crippen LogP contribution in [-0.4, -0.2) is 24.2 Å². The molecule has 1 amide bonds. The van der Waals surface area contributed by atoms with Crippen LogP contribution in [0.3, 0.4) is 0 Å². The van der Waals surface area contributed by atoms with Crippen molar-refractivity contribution in [2.45, 2.75) is 13.8 Å². The third kappa shape index (κ3) is 4.31. The lowest BCUT2D eigenvalue weighted by molar-refractivity contribution is -0.114. The molecular formula is C12H18N2O2. The Bertz CT molecular complexity index is 335. The monoisotopic (exact) mass is 222 g/mol. The van der Waals surface area contributed by atoms with Crippen LogP contribution in [0.15, 0.2) is 24.3 Å². The van der Waals surface area contributed by atoms with Crippen molar-refractivity contribution in [3.63, 3.8) is 0 Å². The quantitative estimate of drug-likeness (QED) is 0.710. The summed E-state index contributed by atoms with van der Waals surface area (Å²) >= 11 is 0. The van der Waals surface area contributed by atoms with Gasteiger partial charge in [0.15, 0.2) is 0 Å². The minimum atomic E-state index is -0.0744. The van der Waals surface area contributed by atoms with Crippen molar-refractivity contribution in [3.8, 4) is 0 Å². The van der Waals surface area contributed by atoms with Crippen LogP contribution in [-0.2, 0) is 4.79 Å². The zero-order chi connectivity index (χ0) is 12.0. The fourth-order valence-electron chi connectivity index (χ4n) is 1.23.